The van der Waals surface area contributed by atoms with Gasteiger partial charge in [0.15, 0.2) is 0 Å². The van der Waals surface area contributed by atoms with Gasteiger partial charge < -0.3 is 5.31 Å². The van der Waals surface area contributed by atoms with Gasteiger partial charge in [-0.15, -0.1) is 0 Å². The van der Waals surface area contributed by atoms with Gasteiger partial charge in [0.1, 0.15) is 1.41 Å². The predicted molar refractivity (Wildman–Crippen MR) is 37.0 cm³/mol. The molecule has 0 radical (unpaired) electrons. The van der Waals surface area contributed by atoms with E-state index in [0.717, 1.165) is 26.2 Å². The fourth-order valence-electron chi connectivity index (χ4n) is 0.906. The minimum absolute atomic E-state index is 0.508. The predicted octanol–water partition coefficient (Wildman–Crippen LogP) is -0.339. The topological polar surface area (TPSA) is 39.1 Å². The van der Waals surface area contributed by atoms with Crippen LogP contribution in [0.1, 0.15) is 2.97 Å². The molecular weight excluding hydrogens is 114 g/mol. The van der Waals surface area contributed by atoms with E-state index in [2.05, 4.69) is 11.0 Å². The largest absolute Gasteiger partial charge is 0.314 e. The molecule has 52 valence electrons. The molecule has 0 aromatic heterocycles. The van der Waals surface area contributed by atoms with Crippen molar-refractivity contribution in [2.45, 2.75) is 0 Å². The quantitative estimate of drug-likeness (QED) is 0.497. The molecule has 0 aromatic rings. The van der Waals surface area contributed by atoms with Crippen molar-refractivity contribution in [1.29, 1.82) is 5.26 Å². The van der Waals surface area contributed by atoms with E-state index in [-0.39, 0.29) is 0 Å². The molecule has 1 heterocycles. The Balaban J connectivity index is 0.000000561. The zero-order chi connectivity index (χ0) is 9.40. The molecule has 3 nitrogen and oxygen atoms in total. The van der Waals surface area contributed by atoms with Crippen molar-refractivity contribution in [3.8, 4) is 6.07 Å². The maximum Gasteiger partial charge on any atom is 0.122 e. The van der Waals surface area contributed by atoms with Gasteiger partial charge in [0, 0.05) is 29.1 Å². The fraction of sp³-hybridized carbons (Fsp3) is 0.833. The first-order valence-electron chi connectivity index (χ1n) is 4.61. The SMILES string of the molecule is [3H]N1CCN(CC#N)CC1.[3H][3H]. The molecule has 1 aliphatic rings. The van der Waals surface area contributed by atoms with E-state index in [9.17, 15) is 0 Å². The van der Waals surface area contributed by atoms with Gasteiger partial charge in [-0.05, 0) is 0 Å². The number of rotatable bonds is 1. The molecule has 9 heavy (non-hydrogen) atoms. The van der Waals surface area contributed by atoms with Gasteiger partial charge in [-0.2, -0.15) is 5.26 Å². The molecule has 1 saturated heterocycles. The summed E-state index contributed by atoms with van der Waals surface area (Å²) in [5.74, 6) is 0. The van der Waals surface area contributed by atoms with Crippen molar-refractivity contribution in [3.63, 3.8) is 0 Å². The van der Waals surface area contributed by atoms with Crippen LogP contribution in [0.25, 0.3) is 0 Å². The molecule has 0 aliphatic carbocycles. The first-order valence-corrected chi connectivity index (χ1v) is 3.16. The third kappa shape index (κ3) is 2.00. The minimum Gasteiger partial charge on any atom is -0.314 e. The first kappa shape index (κ1) is 4.26. The zero-order valence-electron chi connectivity index (χ0n) is 8.38. The molecule has 0 bridgehead atoms. The van der Waals surface area contributed by atoms with Gasteiger partial charge in [0.2, 0.25) is 0 Å². The van der Waals surface area contributed by atoms with Crippen LogP contribution in [0.2, 0.25) is 1.41 Å². The highest BCUT2D eigenvalue weighted by Gasteiger charge is 2.06. The average Bonchev–Trinajstić information content (AvgIpc) is 2.13. The zero-order valence-corrected chi connectivity index (χ0v) is 5.38. The molecule has 0 amide bonds. The van der Waals surface area contributed by atoms with Crippen molar-refractivity contribution >= 4 is 0 Å². The van der Waals surface area contributed by atoms with Crippen LogP contribution in [0.4, 0.5) is 0 Å². The van der Waals surface area contributed by atoms with Gasteiger partial charge in [-0.1, -0.05) is 0 Å². The average molecular weight is 133 g/mol. The van der Waals surface area contributed by atoms with Gasteiger partial charge in [-0.3, -0.25) is 4.90 Å². The fourth-order valence-corrected chi connectivity index (χ4v) is 0.906. The molecule has 0 aromatic carbocycles. The Morgan fingerprint density at radius 2 is 2.56 bits per heavy atom. The highest BCUT2D eigenvalue weighted by atomic mass is 15.2. The van der Waals surface area contributed by atoms with Gasteiger partial charge in [0.25, 0.3) is 0 Å². The van der Waals surface area contributed by atoms with Gasteiger partial charge in [-0.25, -0.2) is 0 Å². The van der Waals surface area contributed by atoms with E-state index < -0.39 is 0 Å². The second-order valence-electron chi connectivity index (χ2n) is 2.11. The standard InChI is InChI=1S/C6H11N3.H2/c7-1-4-9-5-2-8-3-6-9;/h8H,2-6H2;1H/i;1+2T/hT. The number of hydrogen-bond donors (Lipinski definition) is 1. The van der Waals surface area contributed by atoms with Crippen molar-refractivity contribution in [1.82, 2.24) is 10.2 Å². The Morgan fingerprint density at radius 3 is 3.11 bits per heavy atom. The lowest BCUT2D eigenvalue weighted by Crippen LogP contribution is -2.43. The summed E-state index contributed by atoms with van der Waals surface area (Å²) in [7, 11) is 0. The van der Waals surface area contributed by atoms with Crippen molar-refractivity contribution in [3.05, 3.63) is 0 Å². The minimum atomic E-state index is 0.508. The Kier molecular flexibility index (Phi) is 1.63. The van der Waals surface area contributed by atoms with E-state index >= 15 is 0 Å². The molecule has 0 unspecified atom stereocenters. The molecule has 1 aliphatic heterocycles. The maximum atomic E-state index is 8.33. The highest BCUT2D eigenvalue weighted by molar-refractivity contribution is 4.79. The van der Waals surface area contributed by atoms with Gasteiger partial charge >= 0.3 is 0 Å². The molecule has 0 saturated carbocycles. The summed E-state index contributed by atoms with van der Waals surface area (Å²) in [5, 5.41) is 9.87. The third-order valence-corrected chi connectivity index (χ3v) is 1.44. The number of nitriles is 1. The second-order valence-corrected chi connectivity index (χ2v) is 2.11. The van der Waals surface area contributed by atoms with Crippen molar-refractivity contribution in [2.75, 3.05) is 32.7 Å². The van der Waals surface area contributed by atoms with E-state index in [1.807, 2.05) is 0 Å². The van der Waals surface area contributed by atoms with Crippen LogP contribution in [-0.4, -0.2) is 37.6 Å². The number of nitrogens with zero attached hydrogens (tertiary/aromatic N) is 2. The van der Waals surface area contributed by atoms with Crippen LogP contribution < -0.4 is 5.31 Å². The first-order chi connectivity index (χ1) is 5.83. The summed E-state index contributed by atoms with van der Waals surface area (Å²) >= 11 is 0. The van der Waals surface area contributed by atoms with Crippen LogP contribution in [0.5, 0.6) is 0 Å². The summed E-state index contributed by atoms with van der Waals surface area (Å²) < 4.78 is 17.2. The molecule has 1 rings (SSSR count). The number of hydrogen-bond acceptors (Lipinski definition) is 3. The van der Waals surface area contributed by atoms with Crippen molar-refractivity contribution in [2.24, 2.45) is 0 Å². The summed E-state index contributed by atoms with van der Waals surface area (Å²) in [4.78, 5) is 2.06. The molecule has 3 heteroatoms. The summed E-state index contributed by atoms with van der Waals surface area (Å²) in [5.41, 5.74) is 0. The Morgan fingerprint density at radius 1 is 1.89 bits per heavy atom. The lowest BCUT2D eigenvalue weighted by Gasteiger charge is -2.24. The Hall–Kier alpha value is -0.590. The van der Waals surface area contributed by atoms with E-state index in [0.29, 0.717) is 6.54 Å². The van der Waals surface area contributed by atoms with Crippen molar-refractivity contribution < 1.29 is 4.38 Å². The molecule has 1 fully saturated rings. The number of piperazine rings is 1. The second kappa shape index (κ2) is 3.44. The molecular formula is C6H13N3. The van der Waals surface area contributed by atoms with Crippen LogP contribution in [0, 0.1) is 11.3 Å². The normalized spacial score (nSPS) is 25.9. The maximum absolute atomic E-state index is 8.33. The van der Waals surface area contributed by atoms with Crippen LogP contribution in [-0.2, 0) is 0 Å². The number of nitrogens with one attached hydrogen (secondary N) is 1. The molecule has 0 spiro atoms. The molecule has 0 atom stereocenters. The molecule has 1 N–H and O–H groups in total. The van der Waals surface area contributed by atoms with E-state index in [1.54, 1.807) is 0 Å². The summed E-state index contributed by atoms with van der Waals surface area (Å²) in [6, 6.07) is 2.10. The summed E-state index contributed by atoms with van der Waals surface area (Å²) in [6.07, 6.45) is 0. The third-order valence-electron chi connectivity index (χ3n) is 1.44. The Bertz CT molecular complexity index is 139. The van der Waals surface area contributed by atoms with Gasteiger partial charge in [0.05, 0.1) is 12.6 Å². The Labute approximate surface area is 59.8 Å². The highest BCUT2D eigenvalue weighted by Crippen LogP contribution is 1.88. The monoisotopic (exact) mass is 133 g/mol. The smallest absolute Gasteiger partial charge is 0.122 e. The van der Waals surface area contributed by atoms with E-state index in [4.69, 9.17) is 9.64 Å². The van der Waals surface area contributed by atoms with Crippen LogP contribution >= 0.6 is 0 Å². The van der Waals surface area contributed by atoms with E-state index in [1.165, 1.54) is 5.31 Å². The van der Waals surface area contributed by atoms with Crippen LogP contribution in [0.15, 0.2) is 0 Å². The lowest BCUT2D eigenvalue weighted by atomic mass is 10.4. The summed E-state index contributed by atoms with van der Waals surface area (Å²) in [6.45, 7) is 3.76. The lowest BCUT2D eigenvalue weighted by molar-refractivity contribution is 0.267. The van der Waals surface area contributed by atoms with Crippen LogP contribution in [0.3, 0.4) is 0 Å².